The van der Waals surface area contributed by atoms with Gasteiger partial charge in [-0.3, -0.25) is 19.2 Å². The van der Waals surface area contributed by atoms with Crippen LogP contribution >= 0.6 is 21.6 Å². The summed E-state index contributed by atoms with van der Waals surface area (Å²) < 4.78 is -0.340. The molecular weight excluding hydrogens is 404 g/mol. The molecule has 0 heterocycles. The summed E-state index contributed by atoms with van der Waals surface area (Å²) >= 11 is 0. The maximum Gasteiger partial charge on any atom is 0.243 e. The predicted molar refractivity (Wildman–Crippen MR) is 113 cm³/mol. The fourth-order valence-electron chi connectivity index (χ4n) is 1.69. The summed E-state index contributed by atoms with van der Waals surface area (Å²) in [5.41, 5.74) is 16.2. The van der Waals surface area contributed by atoms with E-state index in [1.807, 2.05) is 20.8 Å². The third-order valence-electron chi connectivity index (χ3n) is 3.47. The van der Waals surface area contributed by atoms with Gasteiger partial charge >= 0.3 is 0 Å². The van der Waals surface area contributed by atoms with Crippen molar-refractivity contribution in [2.45, 2.75) is 57.0 Å². The molecule has 0 aliphatic heterocycles. The van der Waals surface area contributed by atoms with Crippen molar-refractivity contribution in [1.29, 1.82) is 0 Å². The van der Waals surface area contributed by atoms with Gasteiger partial charge in [0.25, 0.3) is 0 Å². The summed E-state index contributed by atoms with van der Waals surface area (Å²) in [6, 6.07) is -2.20. The van der Waals surface area contributed by atoms with E-state index in [2.05, 4.69) is 16.0 Å². The van der Waals surface area contributed by atoms with E-state index in [0.717, 1.165) is 0 Å². The number of carbonyl (C=O) groups excluding carboxylic acids is 4. The molecule has 0 aliphatic rings. The summed E-state index contributed by atoms with van der Waals surface area (Å²) in [5, 5.41) is 7.72. The first-order valence-electron chi connectivity index (χ1n) is 8.85. The van der Waals surface area contributed by atoms with Gasteiger partial charge in [-0.15, -0.1) is 0 Å². The van der Waals surface area contributed by atoms with Gasteiger partial charge in [-0.05, 0) is 27.2 Å². The first-order chi connectivity index (χ1) is 12.9. The zero-order chi connectivity index (χ0) is 21.9. The maximum absolute atomic E-state index is 12.2. The lowest BCUT2D eigenvalue weighted by atomic mass is 10.2. The van der Waals surface area contributed by atoms with E-state index in [4.69, 9.17) is 17.2 Å². The van der Waals surface area contributed by atoms with Crippen molar-refractivity contribution in [1.82, 2.24) is 16.0 Å². The van der Waals surface area contributed by atoms with Crippen LogP contribution in [0.5, 0.6) is 0 Å². The van der Waals surface area contributed by atoms with Crippen LogP contribution in [0.15, 0.2) is 0 Å². The molecule has 0 aromatic carbocycles. The number of nitrogens with two attached hydrogens (primary N) is 3. The van der Waals surface area contributed by atoms with Gasteiger partial charge in [0.1, 0.15) is 6.04 Å². The van der Waals surface area contributed by atoms with Gasteiger partial charge in [-0.2, -0.15) is 0 Å². The van der Waals surface area contributed by atoms with E-state index in [-0.39, 0.29) is 23.0 Å². The Morgan fingerprint density at radius 1 is 1.04 bits per heavy atom. The van der Waals surface area contributed by atoms with E-state index in [1.54, 1.807) is 0 Å². The molecule has 3 atom stereocenters. The smallest absolute Gasteiger partial charge is 0.243 e. The highest BCUT2D eigenvalue weighted by Gasteiger charge is 2.26. The zero-order valence-corrected chi connectivity index (χ0v) is 18.4. The van der Waals surface area contributed by atoms with E-state index in [9.17, 15) is 19.2 Å². The summed E-state index contributed by atoms with van der Waals surface area (Å²) in [7, 11) is 2.80. The summed E-state index contributed by atoms with van der Waals surface area (Å²) in [6.07, 6.45) is 0.551. The zero-order valence-electron chi connectivity index (χ0n) is 16.7. The highest BCUT2D eigenvalue weighted by atomic mass is 33.1. The fourth-order valence-corrected chi connectivity index (χ4v) is 4.33. The van der Waals surface area contributed by atoms with Crippen molar-refractivity contribution >= 4 is 45.2 Å². The minimum Gasteiger partial charge on any atom is -0.368 e. The van der Waals surface area contributed by atoms with E-state index in [0.29, 0.717) is 13.0 Å². The van der Waals surface area contributed by atoms with Crippen LogP contribution in [0.2, 0.25) is 0 Å². The minimum atomic E-state index is -0.880. The normalized spacial score (nSPS) is 14.5. The Hall–Kier alpha value is -1.50. The lowest BCUT2D eigenvalue weighted by molar-refractivity contribution is -0.129. The largest absolute Gasteiger partial charge is 0.368 e. The average Bonchev–Trinajstić information content (AvgIpc) is 2.62. The Balaban J connectivity index is 4.68. The molecule has 28 heavy (non-hydrogen) atoms. The number of primary amides is 1. The Kier molecular flexibility index (Phi) is 12.2. The number of rotatable bonds is 13. The predicted octanol–water partition coefficient (Wildman–Crippen LogP) is -1.57. The summed E-state index contributed by atoms with van der Waals surface area (Å²) in [5.74, 6) is -1.67. The fraction of sp³-hybridized carbons (Fsp3) is 0.750. The second-order valence-corrected chi connectivity index (χ2v) is 9.94. The van der Waals surface area contributed by atoms with Crippen LogP contribution in [0.25, 0.3) is 0 Å². The quantitative estimate of drug-likeness (QED) is 0.187. The monoisotopic (exact) mass is 436 g/mol. The molecule has 0 aromatic heterocycles. The van der Waals surface area contributed by atoms with Gasteiger partial charge in [0.05, 0.1) is 18.6 Å². The molecule has 0 aromatic rings. The SMILES string of the molecule is CC[C@@H](N)C(=O)NCC(C)(C)SSC[C@@H](NC(=O)[C@@H](C)N)C(=O)NCC(N)=O. The topological polar surface area (TPSA) is 182 Å². The molecule has 4 amide bonds. The molecule has 0 unspecified atom stereocenters. The van der Waals surface area contributed by atoms with Crippen molar-refractivity contribution < 1.29 is 19.2 Å². The molecule has 0 radical (unpaired) electrons. The van der Waals surface area contributed by atoms with Crippen molar-refractivity contribution in [2.24, 2.45) is 17.2 Å². The molecule has 10 nitrogen and oxygen atoms in total. The number of nitrogens with one attached hydrogen (secondary N) is 3. The third kappa shape index (κ3) is 11.4. The van der Waals surface area contributed by atoms with Gasteiger partial charge in [-0.25, -0.2) is 0 Å². The van der Waals surface area contributed by atoms with Crippen LogP contribution in [-0.4, -0.2) is 65.3 Å². The second kappa shape index (κ2) is 12.9. The lowest BCUT2D eigenvalue weighted by Gasteiger charge is -2.26. The van der Waals surface area contributed by atoms with Gasteiger partial charge in [-0.1, -0.05) is 28.5 Å². The molecule has 0 saturated heterocycles. The van der Waals surface area contributed by atoms with Crippen molar-refractivity contribution in [3.63, 3.8) is 0 Å². The van der Waals surface area contributed by atoms with Crippen LogP contribution in [0, 0.1) is 0 Å². The van der Waals surface area contributed by atoms with E-state index in [1.165, 1.54) is 28.5 Å². The molecule has 0 rings (SSSR count). The molecule has 162 valence electrons. The van der Waals surface area contributed by atoms with E-state index < -0.39 is 35.8 Å². The van der Waals surface area contributed by atoms with Crippen molar-refractivity contribution in [3.8, 4) is 0 Å². The Bertz CT molecular complexity index is 559. The molecule has 0 aliphatic carbocycles. The highest BCUT2D eigenvalue weighted by molar-refractivity contribution is 8.77. The number of carbonyl (C=O) groups is 4. The molecule has 0 spiro atoms. The molecule has 12 heteroatoms. The molecule has 0 bridgehead atoms. The average molecular weight is 437 g/mol. The Labute approximate surface area is 173 Å². The summed E-state index contributed by atoms with van der Waals surface area (Å²) in [4.78, 5) is 46.7. The van der Waals surface area contributed by atoms with Crippen molar-refractivity contribution in [3.05, 3.63) is 0 Å². The van der Waals surface area contributed by atoms with Gasteiger partial charge in [0.15, 0.2) is 0 Å². The number of hydrogen-bond donors (Lipinski definition) is 6. The Morgan fingerprint density at radius 2 is 1.64 bits per heavy atom. The first-order valence-corrected chi connectivity index (χ1v) is 11.2. The maximum atomic E-state index is 12.2. The molecule has 0 saturated carbocycles. The third-order valence-corrected chi connectivity index (χ3v) is 6.77. The van der Waals surface area contributed by atoms with Crippen LogP contribution in [-0.2, 0) is 19.2 Å². The Morgan fingerprint density at radius 3 is 2.14 bits per heavy atom. The molecular formula is C16H32N6O4S2. The standard InChI is InChI=1S/C16H32N6O4S2/c1-5-10(18)14(25)21-8-16(3,4)28-27-7-11(22-13(24)9(2)17)15(26)20-6-12(19)23/h9-11H,5-8,17-18H2,1-4H3,(H2,19,23)(H,20,26)(H,21,25)(H,22,24)/t9-,10-,11-/m1/s1. The lowest BCUT2D eigenvalue weighted by Crippen LogP contribution is -2.53. The summed E-state index contributed by atoms with van der Waals surface area (Å²) in [6.45, 7) is 7.27. The van der Waals surface area contributed by atoms with Gasteiger partial charge in [0.2, 0.25) is 23.6 Å². The van der Waals surface area contributed by atoms with Crippen LogP contribution in [0.4, 0.5) is 0 Å². The van der Waals surface area contributed by atoms with Crippen LogP contribution < -0.4 is 33.2 Å². The first kappa shape index (κ1) is 26.5. The molecule has 9 N–H and O–H groups in total. The van der Waals surface area contributed by atoms with Crippen molar-refractivity contribution in [2.75, 3.05) is 18.8 Å². The molecule has 0 fully saturated rings. The number of amides is 4. The van der Waals surface area contributed by atoms with Crippen LogP contribution in [0.3, 0.4) is 0 Å². The van der Waals surface area contributed by atoms with Gasteiger partial charge in [0, 0.05) is 17.0 Å². The number of hydrogen-bond acceptors (Lipinski definition) is 8. The minimum absolute atomic E-state index is 0.214. The van der Waals surface area contributed by atoms with E-state index >= 15 is 0 Å². The second-order valence-electron chi connectivity index (χ2n) is 6.89. The highest BCUT2D eigenvalue weighted by Crippen LogP contribution is 2.35. The van der Waals surface area contributed by atoms with Crippen LogP contribution in [0.1, 0.15) is 34.1 Å². The van der Waals surface area contributed by atoms with Gasteiger partial charge < -0.3 is 33.2 Å².